The third kappa shape index (κ3) is 5.46. The first-order chi connectivity index (χ1) is 30.3. The Morgan fingerprint density at radius 3 is 1.61 bits per heavy atom. The largest absolute Gasteiger partial charge is 0.308 e. The normalized spacial score (nSPS) is 12.7. The van der Waals surface area contributed by atoms with Gasteiger partial charge in [0.25, 0.3) is 0 Å². The molecular formula is C59H39NS. The molecule has 2 heteroatoms. The fourth-order valence-electron chi connectivity index (χ4n) is 10.2. The highest BCUT2D eigenvalue weighted by Crippen LogP contribution is 2.57. The van der Waals surface area contributed by atoms with Gasteiger partial charge in [-0.25, -0.2) is 0 Å². The minimum absolute atomic E-state index is 0.474. The van der Waals surface area contributed by atoms with E-state index >= 15 is 0 Å². The van der Waals surface area contributed by atoms with Crippen molar-refractivity contribution in [3.63, 3.8) is 0 Å². The average molecular weight is 794 g/mol. The number of benzene rings is 10. The Bertz CT molecular complexity index is 3370. The highest BCUT2D eigenvalue weighted by atomic mass is 32.1. The molecule has 0 atom stereocenters. The van der Waals surface area contributed by atoms with Gasteiger partial charge in [0.2, 0.25) is 0 Å². The van der Waals surface area contributed by atoms with E-state index in [0.29, 0.717) is 0 Å². The van der Waals surface area contributed by atoms with Gasteiger partial charge in [-0.2, -0.15) is 0 Å². The van der Waals surface area contributed by atoms with Crippen LogP contribution in [-0.2, 0) is 5.41 Å². The van der Waals surface area contributed by atoms with E-state index < -0.39 is 5.41 Å². The van der Waals surface area contributed by atoms with Gasteiger partial charge in [-0.05, 0) is 91.2 Å². The molecule has 1 aliphatic rings. The molecule has 0 aliphatic heterocycles. The van der Waals surface area contributed by atoms with Gasteiger partial charge in [0.15, 0.2) is 0 Å². The fraction of sp³-hybridized carbons (Fsp3) is 0.0169. The van der Waals surface area contributed by atoms with Gasteiger partial charge in [-0.1, -0.05) is 206 Å². The van der Waals surface area contributed by atoms with E-state index in [1.165, 1.54) is 86.6 Å². The van der Waals surface area contributed by atoms with Crippen LogP contribution in [0.25, 0.3) is 64.3 Å². The molecule has 1 aromatic heterocycles. The number of thiophene rings is 1. The molecule has 1 nitrogen and oxygen atoms in total. The molecule has 0 N–H and O–H groups in total. The molecule has 286 valence electrons. The Labute approximate surface area is 360 Å². The van der Waals surface area contributed by atoms with E-state index in [-0.39, 0.29) is 0 Å². The summed E-state index contributed by atoms with van der Waals surface area (Å²) in [5.41, 5.74) is 15.5. The van der Waals surface area contributed by atoms with Gasteiger partial charge in [0.05, 0.1) is 21.5 Å². The molecule has 1 aliphatic carbocycles. The standard InChI is InChI=1S/C59H39NS/c1-3-18-40(19-4-1)45-28-15-20-41-21-16-29-50(57(41)45)48-26-9-13-33-54(48)60(55-34-17-30-51-49-27-10-14-35-56(49)61-58(51)55)44-38-36-43(37-39-44)59(42-22-5-2-6-23-42)52-31-11-7-24-46(52)47-25-8-12-32-53(47)59/h1-39H. The van der Waals surface area contributed by atoms with E-state index in [4.69, 9.17) is 0 Å². The van der Waals surface area contributed by atoms with Gasteiger partial charge in [-0.15, -0.1) is 11.3 Å². The number of anilines is 3. The Morgan fingerprint density at radius 2 is 0.869 bits per heavy atom. The monoisotopic (exact) mass is 793 g/mol. The smallest absolute Gasteiger partial charge is 0.0713 e. The lowest BCUT2D eigenvalue weighted by molar-refractivity contribution is 0.768. The van der Waals surface area contributed by atoms with Gasteiger partial charge < -0.3 is 4.90 Å². The second-order valence-corrected chi connectivity index (χ2v) is 17.0. The lowest BCUT2D eigenvalue weighted by atomic mass is 9.68. The van der Waals surface area contributed by atoms with Crippen LogP contribution in [0.15, 0.2) is 237 Å². The van der Waals surface area contributed by atoms with Crippen molar-refractivity contribution in [2.45, 2.75) is 5.41 Å². The fourth-order valence-corrected chi connectivity index (χ4v) is 11.4. The summed E-state index contributed by atoms with van der Waals surface area (Å²) in [6.45, 7) is 0. The minimum Gasteiger partial charge on any atom is -0.308 e. The Balaban J connectivity index is 1.11. The number of fused-ring (bicyclic) bond motifs is 7. The summed E-state index contributed by atoms with van der Waals surface area (Å²) >= 11 is 1.87. The van der Waals surface area contributed by atoms with Crippen LogP contribution in [0.1, 0.15) is 22.3 Å². The second kappa shape index (κ2) is 14.3. The summed E-state index contributed by atoms with van der Waals surface area (Å²) in [6, 6.07) is 87.3. The van der Waals surface area contributed by atoms with Crippen LogP contribution in [0, 0.1) is 0 Å². The highest BCUT2D eigenvalue weighted by molar-refractivity contribution is 7.26. The van der Waals surface area contributed by atoms with Crippen molar-refractivity contribution < 1.29 is 0 Å². The summed E-state index contributed by atoms with van der Waals surface area (Å²) in [6.07, 6.45) is 0. The SMILES string of the molecule is c1ccc(-c2cccc3cccc(-c4ccccc4N(c4ccc(C5(c6ccccc6)c6ccccc6-c6ccccc65)cc4)c4cccc5c4sc4ccccc45)c23)cc1. The van der Waals surface area contributed by atoms with Crippen molar-refractivity contribution in [3.8, 4) is 33.4 Å². The number of hydrogen-bond acceptors (Lipinski definition) is 2. The second-order valence-electron chi connectivity index (χ2n) is 15.9. The van der Waals surface area contributed by atoms with Crippen LogP contribution >= 0.6 is 11.3 Å². The summed E-state index contributed by atoms with van der Waals surface area (Å²) in [5.74, 6) is 0. The number of nitrogens with zero attached hydrogens (tertiary/aromatic N) is 1. The first-order valence-corrected chi connectivity index (χ1v) is 21.8. The van der Waals surface area contributed by atoms with Gasteiger partial charge in [0, 0.05) is 26.7 Å². The molecule has 0 radical (unpaired) electrons. The van der Waals surface area contributed by atoms with Crippen molar-refractivity contribution in [3.05, 3.63) is 259 Å². The molecule has 0 bridgehead atoms. The zero-order chi connectivity index (χ0) is 40.3. The maximum Gasteiger partial charge on any atom is 0.0713 e. The molecule has 0 saturated carbocycles. The van der Waals surface area contributed by atoms with Crippen molar-refractivity contribution in [2.24, 2.45) is 0 Å². The molecule has 0 unspecified atom stereocenters. The van der Waals surface area contributed by atoms with E-state index in [1.54, 1.807) is 0 Å². The molecular weight excluding hydrogens is 755 g/mol. The van der Waals surface area contributed by atoms with E-state index in [9.17, 15) is 0 Å². The van der Waals surface area contributed by atoms with Gasteiger partial charge in [0.1, 0.15) is 0 Å². The van der Waals surface area contributed by atoms with Gasteiger partial charge >= 0.3 is 0 Å². The maximum absolute atomic E-state index is 2.51. The van der Waals surface area contributed by atoms with Crippen LogP contribution in [-0.4, -0.2) is 0 Å². The van der Waals surface area contributed by atoms with Crippen molar-refractivity contribution in [1.29, 1.82) is 0 Å². The van der Waals surface area contributed by atoms with Gasteiger partial charge in [-0.3, -0.25) is 0 Å². The number of hydrogen-bond donors (Lipinski definition) is 0. The molecule has 0 saturated heterocycles. The van der Waals surface area contributed by atoms with E-state index in [2.05, 4.69) is 241 Å². The summed E-state index contributed by atoms with van der Waals surface area (Å²) in [4.78, 5) is 2.51. The number of para-hydroxylation sites is 1. The Hall–Kier alpha value is -7.52. The zero-order valence-corrected chi connectivity index (χ0v) is 34.2. The summed E-state index contributed by atoms with van der Waals surface area (Å²) in [5, 5.41) is 5.04. The predicted molar refractivity (Wildman–Crippen MR) is 260 cm³/mol. The first kappa shape index (κ1) is 35.4. The molecule has 12 rings (SSSR count). The third-order valence-electron chi connectivity index (χ3n) is 12.8. The van der Waals surface area contributed by atoms with Crippen molar-refractivity contribution in [2.75, 3.05) is 4.90 Å². The molecule has 11 aromatic rings. The highest BCUT2D eigenvalue weighted by Gasteiger charge is 2.45. The minimum atomic E-state index is -0.474. The quantitative estimate of drug-likeness (QED) is 0.155. The predicted octanol–water partition coefficient (Wildman–Crippen LogP) is 16.4. The summed E-state index contributed by atoms with van der Waals surface area (Å²) in [7, 11) is 0. The number of rotatable bonds is 7. The Kier molecular flexibility index (Phi) is 8.33. The summed E-state index contributed by atoms with van der Waals surface area (Å²) < 4.78 is 2.56. The topological polar surface area (TPSA) is 3.24 Å². The lowest BCUT2D eigenvalue weighted by Crippen LogP contribution is -2.28. The molecule has 10 aromatic carbocycles. The lowest BCUT2D eigenvalue weighted by Gasteiger charge is -2.34. The maximum atomic E-state index is 2.51. The van der Waals surface area contributed by atoms with Crippen molar-refractivity contribution in [1.82, 2.24) is 0 Å². The van der Waals surface area contributed by atoms with E-state index in [0.717, 1.165) is 17.1 Å². The first-order valence-electron chi connectivity index (χ1n) is 21.0. The van der Waals surface area contributed by atoms with Crippen LogP contribution < -0.4 is 4.90 Å². The van der Waals surface area contributed by atoms with E-state index in [1.807, 2.05) is 11.3 Å². The molecule has 1 heterocycles. The molecule has 61 heavy (non-hydrogen) atoms. The average Bonchev–Trinajstić information content (AvgIpc) is 3.87. The third-order valence-corrected chi connectivity index (χ3v) is 14.0. The molecule has 0 amide bonds. The van der Waals surface area contributed by atoms with Crippen LogP contribution in [0.2, 0.25) is 0 Å². The molecule has 0 fully saturated rings. The van der Waals surface area contributed by atoms with Crippen molar-refractivity contribution >= 4 is 59.3 Å². The molecule has 0 spiro atoms. The van der Waals surface area contributed by atoms with Crippen LogP contribution in [0.5, 0.6) is 0 Å². The zero-order valence-electron chi connectivity index (χ0n) is 33.4. The van der Waals surface area contributed by atoms with Crippen LogP contribution in [0.4, 0.5) is 17.1 Å². The Morgan fingerprint density at radius 1 is 0.344 bits per heavy atom. The van der Waals surface area contributed by atoms with Crippen LogP contribution in [0.3, 0.4) is 0 Å².